The predicted molar refractivity (Wildman–Crippen MR) is 101 cm³/mol. The molecular weight excluding hydrogens is 335 g/mol. The molecule has 0 aliphatic rings. The summed E-state index contributed by atoms with van der Waals surface area (Å²) in [5.41, 5.74) is 3.40. The molecule has 5 heteroatoms. The van der Waals surface area contributed by atoms with Gasteiger partial charge in [-0.1, -0.05) is 44.2 Å². The van der Waals surface area contributed by atoms with Gasteiger partial charge in [0.25, 0.3) is 5.91 Å². The Bertz CT molecular complexity index is 873. The van der Waals surface area contributed by atoms with Gasteiger partial charge in [-0.25, -0.2) is 9.37 Å². The molecule has 2 aromatic carbocycles. The molecule has 25 heavy (non-hydrogen) atoms. The van der Waals surface area contributed by atoms with Gasteiger partial charge < -0.3 is 0 Å². The molecule has 3 aromatic rings. The Kier molecular flexibility index (Phi) is 5.24. The summed E-state index contributed by atoms with van der Waals surface area (Å²) >= 11 is 1.35. The van der Waals surface area contributed by atoms with Gasteiger partial charge >= 0.3 is 0 Å². The van der Waals surface area contributed by atoms with Gasteiger partial charge in [0.15, 0.2) is 5.13 Å². The number of nitrogens with one attached hydrogen (secondary N) is 1. The lowest BCUT2D eigenvalue weighted by Gasteiger charge is -2.08. The first-order valence-electron chi connectivity index (χ1n) is 8.19. The molecule has 0 fully saturated rings. The van der Waals surface area contributed by atoms with Crippen molar-refractivity contribution >= 4 is 22.4 Å². The van der Waals surface area contributed by atoms with Gasteiger partial charge in [0.2, 0.25) is 0 Å². The summed E-state index contributed by atoms with van der Waals surface area (Å²) < 4.78 is 13.2. The fourth-order valence-corrected chi connectivity index (χ4v) is 3.20. The second-order valence-corrected chi connectivity index (χ2v) is 6.79. The van der Waals surface area contributed by atoms with E-state index in [0.717, 1.165) is 17.7 Å². The summed E-state index contributed by atoms with van der Waals surface area (Å²) in [7, 11) is 0. The van der Waals surface area contributed by atoms with Crippen LogP contribution in [0.15, 0.2) is 53.9 Å². The number of aromatic nitrogens is 1. The molecule has 0 radical (unpaired) electrons. The van der Waals surface area contributed by atoms with Crippen LogP contribution in [0.2, 0.25) is 0 Å². The molecule has 1 amide bonds. The van der Waals surface area contributed by atoms with Gasteiger partial charge in [0.1, 0.15) is 5.82 Å². The van der Waals surface area contributed by atoms with E-state index in [-0.39, 0.29) is 11.5 Å². The molecule has 0 aliphatic heterocycles. The Hall–Kier alpha value is -2.53. The fourth-order valence-electron chi connectivity index (χ4n) is 2.48. The van der Waals surface area contributed by atoms with Crippen LogP contribution in [0.3, 0.4) is 0 Å². The van der Waals surface area contributed by atoms with Crippen LogP contribution in [0.5, 0.6) is 0 Å². The number of carbonyl (C=O) groups excluding carboxylic acids is 1. The van der Waals surface area contributed by atoms with E-state index >= 15 is 0 Å². The highest BCUT2D eigenvalue weighted by atomic mass is 32.1. The summed E-state index contributed by atoms with van der Waals surface area (Å²) in [6, 6.07) is 13.9. The van der Waals surface area contributed by atoms with Crippen LogP contribution in [-0.2, 0) is 0 Å². The van der Waals surface area contributed by atoms with Crippen molar-refractivity contribution in [1.29, 1.82) is 0 Å². The third kappa shape index (κ3) is 4.12. The molecule has 3 nitrogen and oxygen atoms in total. The summed E-state index contributed by atoms with van der Waals surface area (Å²) in [5, 5.41) is 5.11. The van der Waals surface area contributed by atoms with Crippen LogP contribution in [0, 0.1) is 5.82 Å². The standard InChI is InChI=1S/C20H19FN2OS/c1-3-13(2)14-7-9-15(10-8-14)18-12-25-20(22-18)23-19(24)16-5-4-6-17(21)11-16/h4-13H,3H2,1-2H3,(H,22,23,24)/t13-/m0/s1. The topological polar surface area (TPSA) is 42.0 Å². The van der Waals surface area contributed by atoms with Crippen LogP contribution in [0.25, 0.3) is 11.3 Å². The minimum absolute atomic E-state index is 0.273. The van der Waals surface area contributed by atoms with Crippen LogP contribution < -0.4 is 5.32 Å². The summed E-state index contributed by atoms with van der Waals surface area (Å²) in [5.74, 6) is -0.271. The summed E-state index contributed by atoms with van der Waals surface area (Å²) in [6.45, 7) is 4.38. The van der Waals surface area contributed by atoms with E-state index in [2.05, 4.69) is 48.4 Å². The molecule has 128 valence electrons. The van der Waals surface area contributed by atoms with E-state index in [1.54, 1.807) is 6.07 Å². The molecule has 1 atom stereocenters. The number of halogens is 1. The Morgan fingerprint density at radius 1 is 1.24 bits per heavy atom. The number of rotatable bonds is 5. The lowest BCUT2D eigenvalue weighted by Crippen LogP contribution is -2.11. The minimum Gasteiger partial charge on any atom is -0.298 e. The quantitative estimate of drug-likeness (QED) is 0.637. The molecule has 0 bridgehead atoms. The third-order valence-corrected chi connectivity index (χ3v) is 4.96. The number of benzene rings is 2. The van der Waals surface area contributed by atoms with Crippen LogP contribution in [0.1, 0.15) is 42.1 Å². The molecular formula is C20H19FN2OS. The average molecular weight is 354 g/mol. The highest BCUT2D eigenvalue weighted by Gasteiger charge is 2.11. The van der Waals surface area contributed by atoms with Gasteiger partial charge in [-0.2, -0.15) is 0 Å². The first-order chi connectivity index (χ1) is 12.1. The molecule has 0 aliphatic carbocycles. The number of hydrogen-bond acceptors (Lipinski definition) is 3. The zero-order valence-corrected chi connectivity index (χ0v) is 14.9. The molecule has 3 rings (SSSR count). The predicted octanol–water partition coefficient (Wildman–Crippen LogP) is 5.72. The van der Waals surface area contributed by atoms with Crippen molar-refractivity contribution in [2.45, 2.75) is 26.2 Å². The van der Waals surface area contributed by atoms with E-state index in [4.69, 9.17) is 0 Å². The van der Waals surface area contributed by atoms with E-state index < -0.39 is 5.82 Å². The third-order valence-electron chi connectivity index (χ3n) is 4.20. The van der Waals surface area contributed by atoms with Crippen LogP contribution >= 0.6 is 11.3 Å². The first kappa shape index (κ1) is 17.3. The first-order valence-corrected chi connectivity index (χ1v) is 9.07. The fraction of sp³-hybridized carbons (Fsp3) is 0.200. The number of thiazole rings is 1. The SMILES string of the molecule is CC[C@H](C)c1ccc(-c2csc(NC(=O)c3cccc(F)c3)n2)cc1. The minimum atomic E-state index is -0.436. The van der Waals surface area contributed by atoms with Gasteiger partial charge in [-0.15, -0.1) is 11.3 Å². The highest BCUT2D eigenvalue weighted by Crippen LogP contribution is 2.27. The second kappa shape index (κ2) is 7.57. The van der Waals surface area contributed by atoms with Crippen LogP contribution in [-0.4, -0.2) is 10.9 Å². The van der Waals surface area contributed by atoms with Crippen molar-refractivity contribution < 1.29 is 9.18 Å². The maximum absolute atomic E-state index is 13.2. The van der Waals surface area contributed by atoms with Gasteiger partial charge in [-0.3, -0.25) is 10.1 Å². The number of anilines is 1. The Balaban J connectivity index is 1.73. The zero-order chi connectivity index (χ0) is 17.8. The van der Waals surface area contributed by atoms with Gasteiger partial charge in [0, 0.05) is 16.5 Å². The van der Waals surface area contributed by atoms with E-state index in [1.165, 1.54) is 35.1 Å². The maximum Gasteiger partial charge on any atom is 0.257 e. The zero-order valence-electron chi connectivity index (χ0n) is 14.1. The monoisotopic (exact) mass is 354 g/mol. The largest absolute Gasteiger partial charge is 0.298 e. The van der Waals surface area contributed by atoms with Gasteiger partial charge in [-0.05, 0) is 36.1 Å². The molecule has 0 spiro atoms. The summed E-state index contributed by atoms with van der Waals surface area (Å²) in [4.78, 5) is 16.6. The Morgan fingerprint density at radius 3 is 2.68 bits per heavy atom. The Labute approximate surface area is 150 Å². The number of amides is 1. The molecule has 1 aromatic heterocycles. The average Bonchev–Trinajstić information content (AvgIpc) is 3.09. The lowest BCUT2D eigenvalue weighted by atomic mass is 9.97. The van der Waals surface area contributed by atoms with Crippen molar-refractivity contribution in [3.05, 3.63) is 70.9 Å². The number of nitrogens with zero attached hydrogens (tertiary/aromatic N) is 1. The normalized spacial score (nSPS) is 12.0. The van der Waals surface area contributed by atoms with Crippen molar-refractivity contribution in [3.8, 4) is 11.3 Å². The number of hydrogen-bond donors (Lipinski definition) is 1. The lowest BCUT2D eigenvalue weighted by molar-refractivity contribution is 0.102. The smallest absolute Gasteiger partial charge is 0.257 e. The molecule has 0 unspecified atom stereocenters. The molecule has 1 heterocycles. The van der Waals surface area contributed by atoms with E-state index in [0.29, 0.717) is 11.0 Å². The Morgan fingerprint density at radius 2 is 2.00 bits per heavy atom. The van der Waals surface area contributed by atoms with E-state index in [9.17, 15) is 9.18 Å². The van der Waals surface area contributed by atoms with Crippen molar-refractivity contribution in [2.24, 2.45) is 0 Å². The van der Waals surface area contributed by atoms with Crippen molar-refractivity contribution in [3.63, 3.8) is 0 Å². The van der Waals surface area contributed by atoms with Gasteiger partial charge in [0.05, 0.1) is 5.69 Å². The van der Waals surface area contributed by atoms with Crippen LogP contribution in [0.4, 0.5) is 9.52 Å². The highest BCUT2D eigenvalue weighted by molar-refractivity contribution is 7.14. The second-order valence-electron chi connectivity index (χ2n) is 5.93. The molecule has 1 N–H and O–H groups in total. The van der Waals surface area contributed by atoms with Crippen molar-refractivity contribution in [2.75, 3.05) is 5.32 Å². The number of carbonyl (C=O) groups is 1. The summed E-state index contributed by atoms with van der Waals surface area (Å²) in [6.07, 6.45) is 1.10. The van der Waals surface area contributed by atoms with Crippen molar-refractivity contribution in [1.82, 2.24) is 4.98 Å². The van der Waals surface area contributed by atoms with E-state index in [1.807, 2.05) is 5.38 Å². The maximum atomic E-state index is 13.2. The molecule has 0 saturated heterocycles. The molecule has 0 saturated carbocycles.